The predicted molar refractivity (Wildman–Crippen MR) is 224 cm³/mol. The fraction of sp³-hybridized carbons (Fsp3) is 0.0600. The molecule has 0 N–H and O–H groups in total. The number of rotatable bonds is 10. The molecule has 0 radical (unpaired) electrons. The van der Waals surface area contributed by atoms with Crippen LogP contribution in [0.5, 0.6) is 0 Å². The number of para-hydroxylation sites is 1. The Labute approximate surface area is 314 Å². The van der Waals surface area contributed by atoms with Crippen LogP contribution in [0.1, 0.15) is 18.4 Å². The van der Waals surface area contributed by atoms with Crippen molar-refractivity contribution in [2.24, 2.45) is 0 Å². The lowest BCUT2D eigenvalue weighted by Crippen LogP contribution is -2.01. The van der Waals surface area contributed by atoms with Crippen LogP contribution in [-0.4, -0.2) is 15.0 Å². The van der Waals surface area contributed by atoms with Crippen LogP contribution in [0.3, 0.4) is 0 Å². The fourth-order valence-corrected chi connectivity index (χ4v) is 7.44. The summed E-state index contributed by atoms with van der Waals surface area (Å²) in [6, 6.07) is 54.8. The molecular formula is C50H37N3O. The Hall–Kier alpha value is -6.91. The van der Waals surface area contributed by atoms with E-state index in [9.17, 15) is 0 Å². The third-order valence-corrected chi connectivity index (χ3v) is 10.1. The van der Waals surface area contributed by atoms with Gasteiger partial charge < -0.3 is 4.42 Å². The van der Waals surface area contributed by atoms with Gasteiger partial charge in [0.15, 0.2) is 17.5 Å². The molecule has 0 fully saturated rings. The maximum atomic E-state index is 6.69. The number of fused-ring (bicyclic) bond motifs is 4. The Balaban J connectivity index is 1.18. The second kappa shape index (κ2) is 14.6. The zero-order valence-corrected chi connectivity index (χ0v) is 29.8. The number of aryl methyl sites for hydroxylation is 1. The summed E-state index contributed by atoms with van der Waals surface area (Å²) in [5, 5.41) is 4.35. The minimum Gasteiger partial charge on any atom is -0.455 e. The monoisotopic (exact) mass is 695 g/mol. The summed E-state index contributed by atoms with van der Waals surface area (Å²) in [7, 11) is 0. The SMILES string of the molecule is C=C/C=C\CCCc1ccc(-c2nc(-c3ccccc3)nc(-c3cccc4oc5c(-c6ccc(-c7ccccc7)cc6)cccc5c34)n2)c2ccccc12. The van der Waals surface area contributed by atoms with Crippen molar-refractivity contribution in [1.29, 1.82) is 0 Å². The molecule has 0 bridgehead atoms. The van der Waals surface area contributed by atoms with Gasteiger partial charge in [-0.3, -0.25) is 0 Å². The summed E-state index contributed by atoms with van der Waals surface area (Å²) in [5.41, 5.74) is 10.3. The summed E-state index contributed by atoms with van der Waals surface area (Å²) >= 11 is 0. The van der Waals surface area contributed by atoms with Gasteiger partial charge in [0.25, 0.3) is 0 Å². The Morgan fingerprint density at radius 3 is 1.87 bits per heavy atom. The zero-order valence-electron chi connectivity index (χ0n) is 29.8. The van der Waals surface area contributed by atoms with E-state index in [0.717, 1.165) is 74.4 Å². The highest BCUT2D eigenvalue weighted by Gasteiger charge is 2.20. The molecular weight excluding hydrogens is 659 g/mol. The van der Waals surface area contributed by atoms with Crippen molar-refractivity contribution in [3.63, 3.8) is 0 Å². The molecule has 0 saturated heterocycles. The highest BCUT2D eigenvalue weighted by Crippen LogP contribution is 2.41. The average Bonchev–Trinajstić information content (AvgIpc) is 3.63. The number of hydrogen-bond acceptors (Lipinski definition) is 4. The molecule has 0 amide bonds. The van der Waals surface area contributed by atoms with E-state index < -0.39 is 0 Å². The maximum Gasteiger partial charge on any atom is 0.164 e. The number of benzene rings is 7. The molecule has 7 aromatic carbocycles. The highest BCUT2D eigenvalue weighted by molar-refractivity contribution is 6.15. The summed E-state index contributed by atoms with van der Waals surface area (Å²) in [6.07, 6.45) is 9.07. The van der Waals surface area contributed by atoms with Gasteiger partial charge in [0, 0.05) is 33.0 Å². The van der Waals surface area contributed by atoms with Crippen molar-refractivity contribution >= 4 is 32.7 Å². The minimum atomic E-state index is 0.604. The van der Waals surface area contributed by atoms with Gasteiger partial charge in [0.2, 0.25) is 0 Å². The zero-order chi connectivity index (χ0) is 36.3. The van der Waals surface area contributed by atoms with Crippen LogP contribution in [0.15, 0.2) is 187 Å². The molecule has 258 valence electrons. The molecule has 4 heteroatoms. The van der Waals surface area contributed by atoms with Crippen LogP contribution < -0.4 is 0 Å². The van der Waals surface area contributed by atoms with E-state index >= 15 is 0 Å². The average molecular weight is 696 g/mol. The van der Waals surface area contributed by atoms with E-state index in [4.69, 9.17) is 19.4 Å². The summed E-state index contributed by atoms with van der Waals surface area (Å²) < 4.78 is 6.69. The van der Waals surface area contributed by atoms with Crippen molar-refractivity contribution in [1.82, 2.24) is 15.0 Å². The smallest absolute Gasteiger partial charge is 0.164 e. The number of aromatic nitrogens is 3. The molecule has 0 unspecified atom stereocenters. The molecule has 4 nitrogen and oxygen atoms in total. The Morgan fingerprint density at radius 1 is 0.481 bits per heavy atom. The highest BCUT2D eigenvalue weighted by atomic mass is 16.3. The van der Waals surface area contributed by atoms with Gasteiger partial charge in [-0.1, -0.05) is 176 Å². The number of allylic oxidation sites excluding steroid dienone is 3. The van der Waals surface area contributed by atoms with E-state index in [1.165, 1.54) is 22.1 Å². The van der Waals surface area contributed by atoms with Gasteiger partial charge in [-0.25, -0.2) is 15.0 Å². The van der Waals surface area contributed by atoms with Gasteiger partial charge in [0.1, 0.15) is 11.2 Å². The number of nitrogens with zero attached hydrogens (tertiary/aromatic N) is 3. The van der Waals surface area contributed by atoms with Crippen molar-refractivity contribution in [3.8, 4) is 56.4 Å². The number of furan rings is 1. The quantitative estimate of drug-likeness (QED) is 0.106. The standard InChI is InChI=1S/C50H37N3O/c1-2-3-4-5-8-19-36-32-33-42(41-23-14-13-22-39(36)41)49-51-48(38-20-11-7-12-21-38)52-50(53-49)44-26-16-27-45-46(44)43-25-15-24-40(47(43)54-45)37-30-28-35(29-31-37)34-17-9-6-10-18-34/h2-4,6-7,9-18,20-33H,1,5,8,19H2/b4-3-. The minimum absolute atomic E-state index is 0.604. The number of unbranched alkanes of at least 4 members (excludes halogenated alkanes) is 1. The van der Waals surface area contributed by atoms with Crippen molar-refractivity contribution < 1.29 is 4.42 Å². The second-order valence-electron chi connectivity index (χ2n) is 13.5. The van der Waals surface area contributed by atoms with Crippen LogP contribution in [0.25, 0.3) is 89.1 Å². The van der Waals surface area contributed by atoms with Crippen molar-refractivity contribution in [2.45, 2.75) is 19.3 Å². The second-order valence-corrected chi connectivity index (χ2v) is 13.5. The normalized spacial score (nSPS) is 11.6. The molecule has 2 aromatic heterocycles. The first-order valence-electron chi connectivity index (χ1n) is 18.5. The van der Waals surface area contributed by atoms with Crippen LogP contribution in [0, 0.1) is 0 Å². The van der Waals surface area contributed by atoms with E-state index in [1.807, 2.05) is 60.7 Å². The third-order valence-electron chi connectivity index (χ3n) is 10.1. The molecule has 0 atom stereocenters. The molecule has 0 spiro atoms. The van der Waals surface area contributed by atoms with E-state index in [-0.39, 0.29) is 0 Å². The largest absolute Gasteiger partial charge is 0.455 e. The molecule has 0 saturated carbocycles. The lowest BCUT2D eigenvalue weighted by atomic mass is 9.96. The third kappa shape index (κ3) is 6.29. The molecule has 0 aliphatic carbocycles. The lowest BCUT2D eigenvalue weighted by Gasteiger charge is -2.13. The first kappa shape index (κ1) is 33.0. The van der Waals surface area contributed by atoms with E-state index in [2.05, 4.69) is 122 Å². The van der Waals surface area contributed by atoms with Gasteiger partial charge in [-0.05, 0) is 58.4 Å². The molecule has 9 aromatic rings. The van der Waals surface area contributed by atoms with Gasteiger partial charge in [0.05, 0.1) is 0 Å². The first-order chi connectivity index (χ1) is 26.7. The Bertz CT molecular complexity index is 2800. The van der Waals surface area contributed by atoms with Gasteiger partial charge in [-0.15, -0.1) is 0 Å². The van der Waals surface area contributed by atoms with Crippen LogP contribution in [-0.2, 0) is 6.42 Å². The summed E-state index contributed by atoms with van der Waals surface area (Å²) in [4.78, 5) is 15.5. The van der Waals surface area contributed by atoms with Crippen LogP contribution in [0.4, 0.5) is 0 Å². The molecule has 0 aliphatic rings. The summed E-state index contributed by atoms with van der Waals surface area (Å²) in [6.45, 7) is 3.79. The first-order valence-corrected chi connectivity index (χ1v) is 18.5. The van der Waals surface area contributed by atoms with Gasteiger partial charge in [-0.2, -0.15) is 0 Å². The lowest BCUT2D eigenvalue weighted by molar-refractivity contribution is 0.670. The predicted octanol–water partition coefficient (Wildman–Crippen LogP) is 13.3. The van der Waals surface area contributed by atoms with Crippen molar-refractivity contribution in [2.75, 3.05) is 0 Å². The molecule has 54 heavy (non-hydrogen) atoms. The topological polar surface area (TPSA) is 51.8 Å². The van der Waals surface area contributed by atoms with Crippen molar-refractivity contribution in [3.05, 3.63) is 188 Å². The maximum absolute atomic E-state index is 6.69. The van der Waals surface area contributed by atoms with Crippen LogP contribution >= 0.6 is 0 Å². The molecule has 9 rings (SSSR count). The number of hydrogen-bond donors (Lipinski definition) is 0. The van der Waals surface area contributed by atoms with E-state index in [1.54, 1.807) is 0 Å². The Morgan fingerprint density at radius 2 is 1.09 bits per heavy atom. The molecule has 0 aliphatic heterocycles. The summed E-state index contributed by atoms with van der Waals surface area (Å²) in [5.74, 6) is 1.87. The van der Waals surface area contributed by atoms with E-state index in [0.29, 0.717) is 17.5 Å². The fourth-order valence-electron chi connectivity index (χ4n) is 7.44. The van der Waals surface area contributed by atoms with Gasteiger partial charge >= 0.3 is 0 Å². The molecule has 2 heterocycles. The van der Waals surface area contributed by atoms with Crippen LogP contribution in [0.2, 0.25) is 0 Å². The Kier molecular flexibility index (Phi) is 8.92.